The Morgan fingerprint density at radius 3 is 2.94 bits per heavy atom. The van der Waals surface area contributed by atoms with Crippen LogP contribution in [0, 0.1) is 0 Å². The zero-order valence-corrected chi connectivity index (χ0v) is 11.0. The molecule has 0 saturated heterocycles. The first kappa shape index (κ1) is 12.4. The lowest BCUT2D eigenvalue weighted by molar-refractivity contribution is 0.539. The molecule has 0 bridgehead atoms. The minimum Gasteiger partial charge on any atom is -0.389 e. The van der Waals surface area contributed by atoms with Gasteiger partial charge in [0.1, 0.15) is 23.0 Å². The average Bonchev–Trinajstić information content (AvgIpc) is 2.77. The van der Waals surface area contributed by atoms with E-state index >= 15 is 0 Å². The van der Waals surface area contributed by atoms with Crippen LogP contribution in [0.25, 0.3) is 0 Å². The van der Waals surface area contributed by atoms with Crippen molar-refractivity contribution >= 4 is 28.8 Å². The number of nitrogens with one attached hydrogen (secondary N) is 1. The summed E-state index contributed by atoms with van der Waals surface area (Å²) in [7, 11) is 0. The van der Waals surface area contributed by atoms with Crippen LogP contribution < -0.4 is 11.1 Å². The summed E-state index contributed by atoms with van der Waals surface area (Å²) in [5.41, 5.74) is 6.25. The summed E-state index contributed by atoms with van der Waals surface area (Å²) in [4.78, 5) is 8.31. The smallest absolute Gasteiger partial charge is 0.145 e. The van der Waals surface area contributed by atoms with Crippen molar-refractivity contribution in [3.05, 3.63) is 30.4 Å². The van der Waals surface area contributed by atoms with Crippen molar-refractivity contribution in [3.63, 3.8) is 0 Å². The number of thiocarbonyl (C=S) groups is 1. The molecule has 2 heterocycles. The Morgan fingerprint density at radius 2 is 2.28 bits per heavy atom. The Labute approximate surface area is 110 Å². The fourth-order valence-corrected chi connectivity index (χ4v) is 1.71. The molecule has 0 aliphatic rings. The normalized spacial score (nSPS) is 10.6. The second-order valence-electron chi connectivity index (χ2n) is 4.03. The first-order chi connectivity index (χ1) is 8.59. The first-order valence-corrected chi connectivity index (χ1v) is 5.90. The summed E-state index contributed by atoms with van der Waals surface area (Å²) in [6.07, 6.45) is 4.76. The highest BCUT2D eigenvalue weighted by molar-refractivity contribution is 7.80. The number of rotatable bonds is 4. The maximum absolute atomic E-state index is 5.63. The number of anilines is 2. The van der Waals surface area contributed by atoms with E-state index < -0.39 is 0 Å². The topological polar surface area (TPSA) is 81.7 Å². The number of nitrogens with two attached hydrogens (primary N) is 1. The van der Waals surface area contributed by atoms with E-state index in [1.54, 1.807) is 12.4 Å². The van der Waals surface area contributed by atoms with Crippen LogP contribution in [0.3, 0.4) is 0 Å². The van der Waals surface area contributed by atoms with Crippen LogP contribution in [0.15, 0.2) is 24.8 Å². The van der Waals surface area contributed by atoms with Crippen molar-refractivity contribution < 1.29 is 0 Å². The Balaban J connectivity index is 2.34. The molecule has 0 aliphatic carbocycles. The molecule has 0 aliphatic heterocycles. The van der Waals surface area contributed by atoms with Gasteiger partial charge in [-0.3, -0.25) is 0 Å². The molecule has 0 radical (unpaired) electrons. The molecule has 3 N–H and O–H groups in total. The van der Waals surface area contributed by atoms with Gasteiger partial charge in [-0.25, -0.2) is 14.6 Å². The zero-order chi connectivity index (χ0) is 13.1. The highest BCUT2D eigenvalue weighted by Gasteiger charge is 2.10. The molecule has 0 spiro atoms. The van der Waals surface area contributed by atoms with Gasteiger partial charge in [0.2, 0.25) is 0 Å². The van der Waals surface area contributed by atoms with Gasteiger partial charge in [0.15, 0.2) is 0 Å². The fraction of sp³-hybridized carbons (Fsp3) is 0.273. The van der Waals surface area contributed by atoms with Gasteiger partial charge in [-0.1, -0.05) is 12.2 Å². The van der Waals surface area contributed by atoms with E-state index in [4.69, 9.17) is 18.0 Å². The molecule has 0 unspecified atom stereocenters. The van der Waals surface area contributed by atoms with Gasteiger partial charge in [0, 0.05) is 18.3 Å². The molecule has 2 rings (SSSR count). The van der Waals surface area contributed by atoms with Crippen LogP contribution in [-0.2, 0) is 0 Å². The molecular formula is C11H14N6S. The van der Waals surface area contributed by atoms with Crippen molar-refractivity contribution in [2.24, 2.45) is 5.73 Å². The quantitative estimate of drug-likeness (QED) is 0.815. The monoisotopic (exact) mass is 262 g/mol. The molecular weight excluding hydrogens is 248 g/mol. The second-order valence-corrected chi connectivity index (χ2v) is 4.47. The SMILES string of the molecule is CC(C)n1nccc1Nc1ncncc1C(N)=S. The standard InChI is InChI=1S/C11H14N6S/c1-7(2)17-9(3-4-15-17)16-11-8(10(12)18)5-13-6-14-11/h3-7H,1-2H3,(H2,12,18)(H,13,14,16). The average molecular weight is 262 g/mol. The van der Waals surface area contributed by atoms with E-state index in [9.17, 15) is 0 Å². The predicted molar refractivity (Wildman–Crippen MR) is 73.8 cm³/mol. The Kier molecular flexibility index (Phi) is 3.52. The summed E-state index contributed by atoms with van der Waals surface area (Å²) in [6, 6.07) is 2.11. The van der Waals surface area contributed by atoms with E-state index in [2.05, 4.69) is 20.4 Å². The molecule has 0 fully saturated rings. The Morgan fingerprint density at radius 1 is 1.50 bits per heavy atom. The van der Waals surface area contributed by atoms with Crippen LogP contribution in [0.4, 0.5) is 11.6 Å². The minimum atomic E-state index is 0.248. The van der Waals surface area contributed by atoms with Gasteiger partial charge in [-0.2, -0.15) is 5.10 Å². The number of nitrogens with zero attached hydrogens (tertiary/aromatic N) is 4. The van der Waals surface area contributed by atoms with Gasteiger partial charge < -0.3 is 11.1 Å². The fourth-order valence-electron chi connectivity index (χ4n) is 1.56. The van der Waals surface area contributed by atoms with Gasteiger partial charge >= 0.3 is 0 Å². The molecule has 2 aromatic heterocycles. The molecule has 2 aromatic rings. The van der Waals surface area contributed by atoms with E-state index in [0.717, 1.165) is 5.82 Å². The number of aromatic nitrogens is 4. The largest absolute Gasteiger partial charge is 0.389 e. The summed E-state index contributed by atoms with van der Waals surface area (Å²) in [5, 5.41) is 7.40. The van der Waals surface area contributed by atoms with Crippen LogP contribution in [-0.4, -0.2) is 24.7 Å². The van der Waals surface area contributed by atoms with Crippen molar-refractivity contribution in [1.29, 1.82) is 0 Å². The van der Waals surface area contributed by atoms with Crippen molar-refractivity contribution in [1.82, 2.24) is 19.7 Å². The summed E-state index contributed by atoms with van der Waals surface area (Å²) in [6.45, 7) is 4.10. The van der Waals surface area contributed by atoms with Gasteiger partial charge in [0.25, 0.3) is 0 Å². The molecule has 0 amide bonds. The van der Waals surface area contributed by atoms with Crippen LogP contribution >= 0.6 is 12.2 Å². The zero-order valence-electron chi connectivity index (χ0n) is 10.2. The lowest BCUT2D eigenvalue weighted by atomic mass is 10.3. The maximum atomic E-state index is 5.63. The van der Waals surface area contributed by atoms with E-state index in [0.29, 0.717) is 11.4 Å². The second kappa shape index (κ2) is 5.09. The Bertz CT molecular complexity index is 562. The lowest BCUT2D eigenvalue weighted by Gasteiger charge is -2.13. The van der Waals surface area contributed by atoms with Crippen molar-refractivity contribution in [2.45, 2.75) is 19.9 Å². The highest BCUT2D eigenvalue weighted by atomic mass is 32.1. The summed E-state index contributed by atoms with van der Waals surface area (Å²) < 4.78 is 1.85. The predicted octanol–water partition coefficient (Wildman–Crippen LogP) is 1.63. The lowest BCUT2D eigenvalue weighted by Crippen LogP contribution is -2.15. The Hall–Kier alpha value is -2.02. The van der Waals surface area contributed by atoms with Gasteiger partial charge in [-0.05, 0) is 13.8 Å². The minimum absolute atomic E-state index is 0.248. The first-order valence-electron chi connectivity index (χ1n) is 5.50. The van der Waals surface area contributed by atoms with E-state index in [-0.39, 0.29) is 11.0 Å². The third-order valence-corrected chi connectivity index (χ3v) is 2.60. The summed E-state index contributed by atoms with van der Waals surface area (Å²) in [5.74, 6) is 1.42. The molecule has 0 atom stereocenters. The molecule has 7 heteroatoms. The van der Waals surface area contributed by atoms with Crippen molar-refractivity contribution in [3.8, 4) is 0 Å². The van der Waals surface area contributed by atoms with E-state index in [1.807, 2.05) is 24.6 Å². The molecule has 6 nitrogen and oxygen atoms in total. The number of hydrogen-bond donors (Lipinski definition) is 2. The number of hydrogen-bond acceptors (Lipinski definition) is 5. The summed E-state index contributed by atoms with van der Waals surface area (Å²) >= 11 is 4.96. The maximum Gasteiger partial charge on any atom is 0.145 e. The molecule has 0 saturated carbocycles. The molecule has 18 heavy (non-hydrogen) atoms. The third kappa shape index (κ3) is 2.45. The van der Waals surface area contributed by atoms with Crippen molar-refractivity contribution in [2.75, 3.05) is 5.32 Å². The van der Waals surface area contributed by atoms with Crippen LogP contribution in [0.5, 0.6) is 0 Å². The molecule has 0 aromatic carbocycles. The molecule has 94 valence electrons. The van der Waals surface area contributed by atoms with Crippen LogP contribution in [0.2, 0.25) is 0 Å². The van der Waals surface area contributed by atoms with Crippen LogP contribution in [0.1, 0.15) is 25.5 Å². The highest BCUT2D eigenvalue weighted by Crippen LogP contribution is 2.19. The van der Waals surface area contributed by atoms with E-state index in [1.165, 1.54) is 6.33 Å². The van der Waals surface area contributed by atoms with Gasteiger partial charge in [-0.15, -0.1) is 0 Å². The third-order valence-electron chi connectivity index (χ3n) is 2.38. The van der Waals surface area contributed by atoms with Gasteiger partial charge in [0.05, 0.1) is 11.8 Å².